The Morgan fingerprint density at radius 3 is 2.52 bits per heavy atom. The Labute approximate surface area is 130 Å². The van der Waals surface area contributed by atoms with E-state index in [1.54, 1.807) is 30.5 Å². The minimum absolute atomic E-state index is 0.0185. The lowest BCUT2D eigenvalue weighted by Crippen LogP contribution is -2.12. The first-order valence-corrected chi connectivity index (χ1v) is 6.67. The number of benzene rings is 2. The molecule has 116 valence electrons. The van der Waals surface area contributed by atoms with Gasteiger partial charge in [0.1, 0.15) is 11.3 Å². The number of nitrogens with two attached hydrogens (primary N) is 1. The lowest BCUT2D eigenvalue weighted by Gasteiger charge is -2.02. The summed E-state index contributed by atoms with van der Waals surface area (Å²) in [5.41, 5.74) is 6.64. The highest BCUT2D eigenvalue weighted by Crippen LogP contribution is 2.21. The number of primary amides is 1. The second-order valence-corrected chi connectivity index (χ2v) is 4.87. The Bertz CT molecular complexity index is 916. The third kappa shape index (κ3) is 2.64. The van der Waals surface area contributed by atoms with Gasteiger partial charge in [0, 0.05) is 11.6 Å². The molecule has 0 radical (unpaired) electrons. The molecule has 0 aliphatic heterocycles. The lowest BCUT2D eigenvalue weighted by molar-refractivity contribution is 0.0600. The van der Waals surface area contributed by atoms with Crippen LogP contribution in [0.5, 0.6) is 0 Å². The maximum Gasteiger partial charge on any atom is 0.337 e. The van der Waals surface area contributed by atoms with Crippen LogP contribution in [0.4, 0.5) is 4.39 Å². The Balaban J connectivity index is 2.08. The van der Waals surface area contributed by atoms with E-state index in [1.807, 2.05) is 0 Å². The molecule has 3 aromatic rings. The summed E-state index contributed by atoms with van der Waals surface area (Å²) in [7, 11) is 1.30. The third-order valence-corrected chi connectivity index (χ3v) is 3.39. The molecule has 0 unspecified atom stereocenters. The second-order valence-electron chi connectivity index (χ2n) is 4.87. The fraction of sp³-hybridized carbons (Fsp3) is 0.0625. The van der Waals surface area contributed by atoms with E-state index in [0.29, 0.717) is 22.2 Å². The molecule has 2 N–H and O–H groups in total. The van der Waals surface area contributed by atoms with Gasteiger partial charge in [-0.05, 0) is 36.4 Å². The molecular formula is C16H12FN3O3. The molecule has 1 aromatic heterocycles. The van der Waals surface area contributed by atoms with Gasteiger partial charge in [-0.1, -0.05) is 0 Å². The molecule has 0 fully saturated rings. The first-order valence-electron chi connectivity index (χ1n) is 6.67. The number of nitrogens with zero attached hydrogens (tertiary/aromatic N) is 2. The molecule has 0 saturated heterocycles. The Kier molecular flexibility index (Phi) is 3.53. The largest absolute Gasteiger partial charge is 0.465 e. The molecule has 0 aliphatic carbocycles. The van der Waals surface area contributed by atoms with E-state index in [9.17, 15) is 14.0 Å². The number of carbonyl (C=O) groups excluding carboxylic acids is 2. The van der Waals surface area contributed by atoms with Crippen molar-refractivity contribution in [3.05, 3.63) is 59.5 Å². The van der Waals surface area contributed by atoms with Crippen LogP contribution < -0.4 is 5.73 Å². The number of rotatable bonds is 3. The number of fused-ring (bicyclic) bond motifs is 1. The van der Waals surface area contributed by atoms with Crippen LogP contribution in [-0.4, -0.2) is 28.8 Å². The molecule has 3 rings (SSSR count). The number of aromatic nitrogens is 2. The fourth-order valence-corrected chi connectivity index (χ4v) is 2.29. The molecule has 0 saturated carbocycles. The van der Waals surface area contributed by atoms with Crippen LogP contribution in [0.25, 0.3) is 16.6 Å². The molecule has 23 heavy (non-hydrogen) atoms. The summed E-state index contributed by atoms with van der Waals surface area (Å²) in [6, 6.07) is 8.83. The number of halogens is 1. The van der Waals surface area contributed by atoms with Gasteiger partial charge in [0.25, 0.3) is 5.91 Å². The van der Waals surface area contributed by atoms with Crippen molar-refractivity contribution in [2.75, 3.05) is 7.11 Å². The zero-order chi connectivity index (χ0) is 16.6. The molecule has 1 amide bonds. The molecule has 0 aliphatic rings. The molecule has 7 heteroatoms. The van der Waals surface area contributed by atoms with Gasteiger partial charge in [-0.2, -0.15) is 5.10 Å². The Morgan fingerprint density at radius 1 is 1.22 bits per heavy atom. The predicted octanol–water partition coefficient (Wildman–Crippen LogP) is 2.05. The van der Waals surface area contributed by atoms with Crippen molar-refractivity contribution in [3.8, 4) is 5.69 Å². The summed E-state index contributed by atoms with van der Waals surface area (Å²) < 4.78 is 19.7. The lowest BCUT2D eigenvalue weighted by atomic mass is 10.1. The van der Waals surface area contributed by atoms with E-state index >= 15 is 0 Å². The highest BCUT2D eigenvalue weighted by molar-refractivity contribution is 6.04. The summed E-state index contributed by atoms with van der Waals surface area (Å²) >= 11 is 0. The number of hydrogen-bond acceptors (Lipinski definition) is 4. The van der Waals surface area contributed by atoms with Crippen molar-refractivity contribution >= 4 is 22.8 Å². The fourth-order valence-electron chi connectivity index (χ4n) is 2.29. The number of hydrogen-bond donors (Lipinski definition) is 1. The molecule has 0 atom stereocenters. The van der Waals surface area contributed by atoms with E-state index in [0.717, 1.165) is 6.07 Å². The highest BCUT2D eigenvalue weighted by Gasteiger charge is 2.14. The zero-order valence-corrected chi connectivity index (χ0v) is 12.1. The van der Waals surface area contributed by atoms with Gasteiger partial charge in [-0.3, -0.25) is 4.79 Å². The van der Waals surface area contributed by atoms with Crippen LogP contribution in [0.1, 0.15) is 20.7 Å². The van der Waals surface area contributed by atoms with Gasteiger partial charge in [0.05, 0.1) is 23.9 Å². The van der Waals surface area contributed by atoms with Crippen LogP contribution in [0.3, 0.4) is 0 Å². The SMILES string of the molecule is COC(=O)c1ccc(-n2cc3cc(F)cc(C(N)=O)c3n2)cc1. The third-order valence-electron chi connectivity index (χ3n) is 3.39. The molecule has 0 spiro atoms. The highest BCUT2D eigenvalue weighted by atomic mass is 19.1. The predicted molar refractivity (Wildman–Crippen MR) is 80.9 cm³/mol. The van der Waals surface area contributed by atoms with E-state index in [1.165, 1.54) is 17.9 Å². The average Bonchev–Trinajstić information content (AvgIpc) is 2.97. The topological polar surface area (TPSA) is 87.2 Å². The number of ether oxygens (including phenoxy) is 1. The van der Waals surface area contributed by atoms with Crippen molar-refractivity contribution in [2.45, 2.75) is 0 Å². The van der Waals surface area contributed by atoms with Crippen molar-refractivity contribution in [1.82, 2.24) is 9.78 Å². The average molecular weight is 313 g/mol. The Morgan fingerprint density at radius 2 is 1.91 bits per heavy atom. The minimum Gasteiger partial charge on any atom is -0.465 e. The molecule has 6 nitrogen and oxygen atoms in total. The van der Waals surface area contributed by atoms with Crippen molar-refractivity contribution in [1.29, 1.82) is 0 Å². The van der Waals surface area contributed by atoms with Crippen molar-refractivity contribution in [3.63, 3.8) is 0 Å². The van der Waals surface area contributed by atoms with E-state index in [-0.39, 0.29) is 5.56 Å². The van der Waals surface area contributed by atoms with Gasteiger partial charge in [0.15, 0.2) is 0 Å². The van der Waals surface area contributed by atoms with Gasteiger partial charge in [-0.15, -0.1) is 0 Å². The van der Waals surface area contributed by atoms with Crippen LogP contribution >= 0.6 is 0 Å². The molecular weight excluding hydrogens is 301 g/mol. The van der Waals surface area contributed by atoms with E-state index in [4.69, 9.17) is 5.73 Å². The summed E-state index contributed by atoms with van der Waals surface area (Å²) in [4.78, 5) is 22.8. The maximum atomic E-state index is 13.6. The standard InChI is InChI=1S/C16H12FN3O3/c1-23-16(22)9-2-4-12(5-3-9)20-8-10-6-11(17)7-13(15(18)21)14(10)19-20/h2-8H,1H3,(H2,18,21). The minimum atomic E-state index is -0.749. The van der Waals surface area contributed by atoms with E-state index in [2.05, 4.69) is 9.84 Å². The molecule has 1 heterocycles. The quantitative estimate of drug-likeness (QED) is 0.750. The van der Waals surface area contributed by atoms with Gasteiger partial charge < -0.3 is 10.5 Å². The van der Waals surface area contributed by atoms with Crippen LogP contribution in [0.15, 0.2) is 42.6 Å². The number of esters is 1. The summed E-state index contributed by atoms with van der Waals surface area (Å²) in [5, 5.41) is 4.73. The monoisotopic (exact) mass is 313 g/mol. The summed E-state index contributed by atoms with van der Waals surface area (Å²) in [6.45, 7) is 0. The molecule has 2 aromatic carbocycles. The van der Waals surface area contributed by atoms with Gasteiger partial charge in [0.2, 0.25) is 0 Å². The normalized spacial score (nSPS) is 10.7. The van der Waals surface area contributed by atoms with Crippen LogP contribution in [0, 0.1) is 5.82 Å². The van der Waals surface area contributed by atoms with Crippen LogP contribution in [-0.2, 0) is 4.74 Å². The number of carbonyl (C=O) groups is 2. The first kappa shape index (κ1) is 14.7. The maximum absolute atomic E-state index is 13.6. The first-order chi connectivity index (χ1) is 11.0. The van der Waals surface area contributed by atoms with Gasteiger partial charge >= 0.3 is 5.97 Å². The van der Waals surface area contributed by atoms with Gasteiger partial charge in [-0.25, -0.2) is 13.9 Å². The Hall–Kier alpha value is -3.22. The smallest absolute Gasteiger partial charge is 0.337 e. The van der Waals surface area contributed by atoms with E-state index < -0.39 is 17.7 Å². The zero-order valence-electron chi connectivity index (χ0n) is 12.1. The number of methoxy groups -OCH3 is 1. The van der Waals surface area contributed by atoms with Crippen LogP contribution in [0.2, 0.25) is 0 Å². The van der Waals surface area contributed by atoms with Crippen molar-refractivity contribution < 1.29 is 18.7 Å². The molecule has 0 bridgehead atoms. The second kappa shape index (κ2) is 5.53. The van der Waals surface area contributed by atoms with Crippen molar-refractivity contribution in [2.24, 2.45) is 5.73 Å². The summed E-state index contributed by atoms with van der Waals surface area (Å²) in [5.74, 6) is -1.76. The number of amides is 1. The summed E-state index contributed by atoms with van der Waals surface area (Å²) in [6.07, 6.45) is 1.58.